The van der Waals surface area contributed by atoms with E-state index in [4.69, 9.17) is 0 Å². The van der Waals surface area contributed by atoms with E-state index in [9.17, 15) is 13.2 Å². The summed E-state index contributed by atoms with van der Waals surface area (Å²) < 4.78 is 23.4. The average Bonchev–Trinajstić information content (AvgIpc) is 2.96. The molecule has 2 aliphatic heterocycles. The maximum Gasteiger partial charge on any atom is 0.257 e. The largest absolute Gasteiger partial charge is 0.337 e. The van der Waals surface area contributed by atoms with Crippen LogP contribution in [0.1, 0.15) is 23.7 Å². The van der Waals surface area contributed by atoms with Crippen LogP contribution >= 0.6 is 0 Å². The van der Waals surface area contributed by atoms with Crippen molar-refractivity contribution in [3.8, 4) is 0 Å². The van der Waals surface area contributed by atoms with Crippen molar-refractivity contribution < 1.29 is 13.2 Å². The third-order valence-corrected chi connectivity index (χ3v) is 6.67. The number of amides is 1. The quantitative estimate of drug-likeness (QED) is 0.733. The van der Waals surface area contributed by atoms with Gasteiger partial charge in [0.25, 0.3) is 5.91 Å². The number of carbonyl (C=O) groups is 1. The molecule has 1 atom stereocenters. The smallest absolute Gasteiger partial charge is 0.257 e. The fraction of sp³-hybridized carbons (Fsp3) is 0.688. The molecule has 8 nitrogen and oxygen atoms in total. The second kappa shape index (κ2) is 7.25. The van der Waals surface area contributed by atoms with E-state index < -0.39 is 9.84 Å². The van der Waals surface area contributed by atoms with Gasteiger partial charge in [-0.3, -0.25) is 4.79 Å². The highest BCUT2D eigenvalue weighted by Crippen LogP contribution is 2.21. The van der Waals surface area contributed by atoms with Crippen LogP contribution in [0.4, 0.5) is 5.95 Å². The van der Waals surface area contributed by atoms with E-state index >= 15 is 0 Å². The van der Waals surface area contributed by atoms with Crippen molar-refractivity contribution in [3.05, 3.63) is 18.0 Å². The average molecular weight is 367 g/mol. The number of rotatable bonds is 4. The summed E-state index contributed by atoms with van der Waals surface area (Å²) in [5.74, 6) is 0.797. The normalized spacial score (nSPS) is 23.6. The molecule has 0 saturated carbocycles. The molecule has 1 aromatic heterocycles. The molecule has 2 saturated heterocycles. The molecule has 0 spiro atoms. The van der Waals surface area contributed by atoms with Crippen molar-refractivity contribution in [2.45, 2.75) is 19.4 Å². The molecule has 1 amide bonds. The van der Waals surface area contributed by atoms with Crippen molar-refractivity contribution in [1.82, 2.24) is 19.8 Å². The number of aromatic nitrogens is 2. The maximum absolute atomic E-state index is 12.5. The number of sulfone groups is 1. The zero-order valence-electron chi connectivity index (χ0n) is 14.8. The standard InChI is InChI=1S/C16H25N5O3S/c1-3-21(14-4-9-25(23,24)12-14)16-17-10-13(11-18-16)15(22)20-7-5-19(2)6-8-20/h10-11,14H,3-9,12H2,1-2H3. The molecular weight excluding hydrogens is 342 g/mol. The molecule has 25 heavy (non-hydrogen) atoms. The van der Waals surface area contributed by atoms with E-state index in [-0.39, 0.29) is 23.5 Å². The van der Waals surface area contributed by atoms with Crippen LogP contribution in [0.2, 0.25) is 0 Å². The molecule has 0 bridgehead atoms. The fourth-order valence-corrected chi connectivity index (χ4v) is 5.09. The van der Waals surface area contributed by atoms with Gasteiger partial charge in [0.2, 0.25) is 5.95 Å². The first kappa shape index (κ1) is 18.1. The molecule has 138 valence electrons. The van der Waals surface area contributed by atoms with Gasteiger partial charge in [0.05, 0.1) is 17.1 Å². The summed E-state index contributed by atoms with van der Waals surface area (Å²) in [6.45, 7) is 5.73. The van der Waals surface area contributed by atoms with Crippen LogP contribution in [0.25, 0.3) is 0 Å². The lowest BCUT2D eigenvalue weighted by Crippen LogP contribution is -2.47. The zero-order chi connectivity index (χ0) is 18.0. The Morgan fingerprint density at radius 1 is 1.24 bits per heavy atom. The second-order valence-electron chi connectivity index (χ2n) is 6.71. The summed E-state index contributed by atoms with van der Waals surface area (Å²) in [7, 11) is -0.917. The number of carbonyl (C=O) groups excluding carboxylic acids is 1. The monoisotopic (exact) mass is 367 g/mol. The second-order valence-corrected chi connectivity index (χ2v) is 8.94. The van der Waals surface area contributed by atoms with Crippen molar-refractivity contribution in [2.75, 3.05) is 56.2 Å². The first-order valence-electron chi connectivity index (χ1n) is 8.66. The van der Waals surface area contributed by atoms with E-state index in [0.29, 0.717) is 37.6 Å². The highest BCUT2D eigenvalue weighted by Gasteiger charge is 2.33. The van der Waals surface area contributed by atoms with Gasteiger partial charge in [-0.05, 0) is 20.4 Å². The zero-order valence-corrected chi connectivity index (χ0v) is 15.6. The molecule has 0 aromatic carbocycles. The van der Waals surface area contributed by atoms with Gasteiger partial charge in [0.1, 0.15) is 0 Å². The topological polar surface area (TPSA) is 86.7 Å². The number of anilines is 1. The third-order valence-electron chi connectivity index (χ3n) is 4.92. The van der Waals surface area contributed by atoms with Gasteiger partial charge < -0.3 is 14.7 Å². The first-order chi connectivity index (χ1) is 11.9. The lowest BCUT2D eigenvalue weighted by Gasteiger charge is -2.32. The van der Waals surface area contributed by atoms with Gasteiger partial charge >= 0.3 is 0 Å². The van der Waals surface area contributed by atoms with Crippen LogP contribution in [-0.2, 0) is 9.84 Å². The molecule has 1 aromatic rings. The van der Waals surface area contributed by atoms with Gasteiger partial charge in [-0.1, -0.05) is 0 Å². The first-order valence-corrected chi connectivity index (χ1v) is 10.5. The fourth-order valence-electron chi connectivity index (χ4n) is 3.36. The SMILES string of the molecule is CCN(c1ncc(C(=O)N2CCN(C)CC2)cn1)C1CCS(=O)(=O)C1. The molecule has 0 radical (unpaired) electrons. The molecular formula is C16H25N5O3S. The summed E-state index contributed by atoms with van der Waals surface area (Å²) >= 11 is 0. The Balaban J connectivity index is 1.69. The van der Waals surface area contributed by atoms with E-state index in [1.165, 1.54) is 0 Å². The Hall–Kier alpha value is -1.74. The van der Waals surface area contributed by atoms with Crippen LogP contribution in [0.15, 0.2) is 12.4 Å². The Morgan fingerprint density at radius 2 is 1.88 bits per heavy atom. The predicted molar refractivity (Wildman–Crippen MR) is 95.5 cm³/mol. The van der Waals surface area contributed by atoms with Gasteiger partial charge in [-0.25, -0.2) is 18.4 Å². The Labute approximate surface area is 148 Å². The van der Waals surface area contributed by atoms with Crippen molar-refractivity contribution in [1.29, 1.82) is 0 Å². The van der Waals surface area contributed by atoms with Gasteiger partial charge in [-0.15, -0.1) is 0 Å². The molecule has 1 unspecified atom stereocenters. The minimum absolute atomic E-state index is 0.0499. The van der Waals surface area contributed by atoms with Crippen molar-refractivity contribution in [3.63, 3.8) is 0 Å². The lowest BCUT2D eigenvalue weighted by molar-refractivity contribution is 0.0663. The van der Waals surface area contributed by atoms with Crippen molar-refractivity contribution >= 4 is 21.7 Å². The van der Waals surface area contributed by atoms with Gasteiger partial charge in [0, 0.05) is 51.2 Å². The Bertz CT molecular complexity index is 714. The molecule has 9 heteroatoms. The van der Waals surface area contributed by atoms with Crippen LogP contribution in [0, 0.1) is 0 Å². The minimum atomic E-state index is -2.96. The number of nitrogens with zero attached hydrogens (tertiary/aromatic N) is 5. The molecule has 3 rings (SSSR count). The molecule has 2 fully saturated rings. The van der Waals surface area contributed by atoms with E-state index in [1.807, 2.05) is 23.8 Å². The maximum atomic E-state index is 12.5. The summed E-state index contributed by atoms with van der Waals surface area (Å²) in [5.41, 5.74) is 0.475. The van der Waals surface area contributed by atoms with Crippen LogP contribution in [0.3, 0.4) is 0 Å². The predicted octanol–water partition coefficient (Wildman–Crippen LogP) is -0.122. The van der Waals surface area contributed by atoms with Gasteiger partial charge in [-0.2, -0.15) is 0 Å². The van der Waals surface area contributed by atoms with Crippen LogP contribution < -0.4 is 4.90 Å². The van der Waals surface area contributed by atoms with Crippen LogP contribution in [-0.4, -0.2) is 91.4 Å². The number of hydrogen-bond donors (Lipinski definition) is 0. The molecule has 0 N–H and O–H groups in total. The molecule has 2 aliphatic rings. The summed E-state index contributed by atoms with van der Waals surface area (Å²) in [4.78, 5) is 27.1. The Kier molecular flexibility index (Phi) is 5.24. The van der Waals surface area contributed by atoms with Crippen molar-refractivity contribution in [2.24, 2.45) is 0 Å². The summed E-state index contributed by atoms with van der Waals surface area (Å²) in [6.07, 6.45) is 3.70. The minimum Gasteiger partial charge on any atom is -0.337 e. The van der Waals surface area contributed by atoms with Crippen LogP contribution in [0.5, 0.6) is 0 Å². The van der Waals surface area contributed by atoms with Gasteiger partial charge in [0.15, 0.2) is 9.84 Å². The lowest BCUT2D eigenvalue weighted by atomic mass is 10.2. The number of likely N-dealkylation sites (N-methyl/N-ethyl adjacent to an activating group) is 1. The number of piperazine rings is 1. The third kappa shape index (κ3) is 4.09. The van der Waals surface area contributed by atoms with E-state index in [0.717, 1.165) is 13.1 Å². The molecule has 0 aliphatic carbocycles. The highest BCUT2D eigenvalue weighted by atomic mass is 32.2. The summed E-state index contributed by atoms with van der Waals surface area (Å²) in [6, 6.07) is -0.0887. The highest BCUT2D eigenvalue weighted by molar-refractivity contribution is 7.91. The van der Waals surface area contributed by atoms with E-state index in [1.54, 1.807) is 12.4 Å². The Morgan fingerprint density at radius 3 is 2.40 bits per heavy atom. The summed E-state index contributed by atoms with van der Waals surface area (Å²) in [5, 5.41) is 0. The number of hydrogen-bond acceptors (Lipinski definition) is 7. The van der Waals surface area contributed by atoms with E-state index in [2.05, 4.69) is 14.9 Å². The molecule has 3 heterocycles.